The van der Waals surface area contributed by atoms with E-state index in [4.69, 9.17) is 9.05 Å². The van der Waals surface area contributed by atoms with Gasteiger partial charge in [0.25, 0.3) is 5.89 Å². The second-order valence-electron chi connectivity index (χ2n) is 6.61. The molecule has 0 aliphatic rings. The number of hydrogen-bond donors (Lipinski definition) is 0. The monoisotopic (exact) mass is 374 g/mol. The van der Waals surface area contributed by atoms with Gasteiger partial charge in [-0.15, -0.1) is 0 Å². The molecule has 0 fully saturated rings. The standard InChI is InChI=1S/C21H18N4O3/c1-13-4-8-16(9-5-13)18-22-20(27-23-18)15(3)12-25-19(24-28-21(25)26)17-10-6-14(2)7-11-17/h4-12H,1-3H3/b15-12-. The maximum absolute atomic E-state index is 12.1. The van der Waals surface area contributed by atoms with Gasteiger partial charge in [0.05, 0.1) is 0 Å². The Labute approximate surface area is 160 Å². The number of allylic oxidation sites excluding steroid dienone is 1. The van der Waals surface area contributed by atoms with Crippen LogP contribution in [0.15, 0.2) is 62.4 Å². The molecule has 0 aliphatic carbocycles. The molecule has 0 unspecified atom stereocenters. The summed E-state index contributed by atoms with van der Waals surface area (Å²) < 4.78 is 11.5. The third-order valence-electron chi connectivity index (χ3n) is 4.34. The normalized spacial score (nSPS) is 11.8. The van der Waals surface area contributed by atoms with E-state index < -0.39 is 5.76 Å². The molecule has 2 aromatic carbocycles. The molecule has 0 amide bonds. The zero-order valence-electron chi connectivity index (χ0n) is 15.7. The van der Waals surface area contributed by atoms with Crippen LogP contribution in [0, 0.1) is 13.8 Å². The largest absolute Gasteiger partial charge is 0.446 e. The van der Waals surface area contributed by atoms with Crippen molar-refractivity contribution < 1.29 is 9.05 Å². The molecular weight excluding hydrogens is 356 g/mol. The second-order valence-corrected chi connectivity index (χ2v) is 6.61. The van der Waals surface area contributed by atoms with Gasteiger partial charge in [-0.2, -0.15) is 4.98 Å². The molecule has 0 bridgehead atoms. The Morgan fingerprint density at radius 2 is 1.50 bits per heavy atom. The predicted octanol–water partition coefficient (Wildman–Crippen LogP) is 4.19. The lowest BCUT2D eigenvalue weighted by Crippen LogP contribution is -2.09. The molecule has 7 nitrogen and oxygen atoms in total. The van der Waals surface area contributed by atoms with Crippen molar-refractivity contribution in [2.24, 2.45) is 0 Å². The molecule has 2 heterocycles. The van der Waals surface area contributed by atoms with E-state index in [0.29, 0.717) is 23.1 Å². The number of hydrogen-bond acceptors (Lipinski definition) is 6. The van der Waals surface area contributed by atoms with Crippen molar-refractivity contribution in [2.45, 2.75) is 20.8 Å². The van der Waals surface area contributed by atoms with Gasteiger partial charge >= 0.3 is 5.76 Å². The summed E-state index contributed by atoms with van der Waals surface area (Å²) in [5, 5.41) is 7.91. The van der Waals surface area contributed by atoms with Gasteiger partial charge < -0.3 is 4.52 Å². The highest BCUT2D eigenvalue weighted by Gasteiger charge is 2.14. The highest BCUT2D eigenvalue weighted by molar-refractivity contribution is 5.72. The fourth-order valence-electron chi connectivity index (χ4n) is 2.72. The molecule has 0 saturated heterocycles. The summed E-state index contributed by atoms with van der Waals surface area (Å²) >= 11 is 0. The lowest BCUT2D eigenvalue weighted by molar-refractivity contribution is 0.384. The first kappa shape index (κ1) is 17.7. The molecule has 0 radical (unpaired) electrons. The Bertz CT molecular complexity index is 1200. The summed E-state index contributed by atoms with van der Waals surface area (Å²) in [6.45, 7) is 5.79. The average Bonchev–Trinajstić information content (AvgIpc) is 3.31. The van der Waals surface area contributed by atoms with Crippen LogP contribution in [0.1, 0.15) is 23.9 Å². The smallest absolute Gasteiger partial charge is 0.334 e. The van der Waals surface area contributed by atoms with E-state index in [0.717, 1.165) is 22.3 Å². The molecule has 0 saturated carbocycles. The molecule has 2 aromatic heterocycles. The van der Waals surface area contributed by atoms with Crippen LogP contribution in [0.5, 0.6) is 0 Å². The van der Waals surface area contributed by atoms with Crippen LogP contribution in [-0.2, 0) is 0 Å². The van der Waals surface area contributed by atoms with Crippen LogP contribution in [-0.4, -0.2) is 19.9 Å². The summed E-state index contributed by atoms with van der Waals surface area (Å²) in [7, 11) is 0. The van der Waals surface area contributed by atoms with Crippen molar-refractivity contribution in [2.75, 3.05) is 0 Å². The van der Waals surface area contributed by atoms with Crippen LogP contribution in [0.4, 0.5) is 0 Å². The topological polar surface area (TPSA) is 87.0 Å². The Kier molecular flexibility index (Phi) is 4.49. The van der Waals surface area contributed by atoms with Gasteiger partial charge in [0, 0.05) is 22.9 Å². The Balaban J connectivity index is 1.69. The van der Waals surface area contributed by atoms with Crippen LogP contribution >= 0.6 is 0 Å². The van der Waals surface area contributed by atoms with Gasteiger partial charge in [0.15, 0.2) is 5.82 Å². The Morgan fingerprint density at radius 1 is 0.893 bits per heavy atom. The third-order valence-corrected chi connectivity index (χ3v) is 4.34. The van der Waals surface area contributed by atoms with Gasteiger partial charge in [-0.05, 0) is 20.8 Å². The molecule has 140 valence electrons. The molecule has 7 heteroatoms. The fraction of sp³-hybridized carbons (Fsp3) is 0.143. The average molecular weight is 374 g/mol. The minimum absolute atomic E-state index is 0.318. The van der Waals surface area contributed by atoms with Crippen LogP contribution in [0.3, 0.4) is 0 Å². The highest BCUT2D eigenvalue weighted by Crippen LogP contribution is 2.22. The molecule has 0 atom stereocenters. The van der Waals surface area contributed by atoms with E-state index in [1.54, 1.807) is 13.1 Å². The summed E-state index contributed by atoms with van der Waals surface area (Å²) in [5.41, 5.74) is 4.51. The lowest BCUT2D eigenvalue weighted by Gasteiger charge is -2.01. The van der Waals surface area contributed by atoms with Crippen molar-refractivity contribution in [3.05, 3.63) is 76.1 Å². The van der Waals surface area contributed by atoms with Crippen LogP contribution < -0.4 is 5.76 Å². The minimum Gasteiger partial charge on any atom is -0.334 e. The molecule has 0 aliphatic heterocycles. The van der Waals surface area contributed by atoms with E-state index in [9.17, 15) is 4.79 Å². The molecule has 0 N–H and O–H groups in total. The van der Waals surface area contributed by atoms with Crippen molar-refractivity contribution in [1.82, 2.24) is 19.9 Å². The number of aryl methyl sites for hydroxylation is 2. The van der Waals surface area contributed by atoms with Gasteiger partial charge in [0.1, 0.15) is 0 Å². The zero-order valence-corrected chi connectivity index (χ0v) is 15.7. The first-order valence-electron chi connectivity index (χ1n) is 8.76. The first-order chi connectivity index (χ1) is 13.5. The quantitative estimate of drug-likeness (QED) is 0.532. The minimum atomic E-state index is -0.590. The fourth-order valence-corrected chi connectivity index (χ4v) is 2.72. The van der Waals surface area contributed by atoms with E-state index >= 15 is 0 Å². The number of rotatable bonds is 4. The Morgan fingerprint density at radius 3 is 2.14 bits per heavy atom. The number of nitrogens with zero attached hydrogens (tertiary/aromatic N) is 4. The second kappa shape index (κ2) is 7.11. The number of aromatic nitrogens is 4. The van der Waals surface area contributed by atoms with Crippen molar-refractivity contribution in [3.63, 3.8) is 0 Å². The molecule has 0 spiro atoms. The van der Waals surface area contributed by atoms with Gasteiger partial charge in [-0.1, -0.05) is 70.0 Å². The summed E-state index contributed by atoms with van der Waals surface area (Å²) in [5.74, 6) is 0.619. The van der Waals surface area contributed by atoms with Crippen LogP contribution in [0.25, 0.3) is 34.5 Å². The van der Waals surface area contributed by atoms with Crippen molar-refractivity contribution in [3.8, 4) is 22.8 Å². The highest BCUT2D eigenvalue weighted by atomic mass is 16.5. The van der Waals surface area contributed by atoms with Gasteiger partial charge in [-0.3, -0.25) is 4.52 Å². The molecule has 28 heavy (non-hydrogen) atoms. The maximum atomic E-state index is 12.1. The SMILES string of the molecule is C/C(=C/n1c(-c2ccc(C)cc2)noc1=O)c1nc(-c2ccc(C)cc2)no1. The van der Waals surface area contributed by atoms with E-state index in [-0.39, 0.29) is 0 Å². The van der Waals surface area contributed by atoms with Crippen LogP contribution in [0.2, 0.25) is 0 Å². The molecule has 4 aromatic rings. The third kappa shape index (κ3) is 3.42. The predicted molar refractivity (Wildman–Crippen MR) is 105 cm³/mol. The van der Waals surface area contributed by atoms with Gasteiger partial charge in [0.2, 0.25) is 5.82 Å². The van der Waals surface area contributed by atoms with E-state index in [1.165, 1.54) is 4.57 Å². The molecular formula is C21H18N4O3. The van der Waals surface area contributed by atoms with E-state index in [2.05, 4.69) is 15.3 Å². The van der Waals surface area contributed by atoms with Gasteiger partial charge in [-0.25, -0.2) is 9.36 Å². The van der Waals surface area contributed by atoms with Crippen molar-refractivity contribution in [1.29, 1.82) is 0 Å². The maximum Gasteiger partial charge on any atom is 0.446 e. The lowest BCUT2D eigenvalue weighted by atomic mass is 10.1. The summed E-state index contributed by atoms with van der Waals surface area (Å²) in [6.07, 6.45) is 1.58. The zero-order chi connectivity index (χ0) is 19.7. The Hall–Kier alpha value is -3.74. The van der Waals surface area contributed by atoms with Crippen molar-refractivity contribution >= 4 is 11.8 Å². The first-order valence-corrected chi connectivity index (χ1v) is 8.76. The number of benzene rings is 2. The summed E-state index contributed by atoms with van der Waals surface area (Å²) in [6, 6.07) is 15.5. The summed E-state index contributed by atoms with van der Waals surface area (Å²) in [4.78, 5) is 16.6. The molecule has 4 rings (SSSR count). The van der Waals surface area contributed by atoms with E-state index in [1.807, 2.05) is 62.4 Å².